The highest BCUT2D eigenvalue weighted by Crippen LogP contribution is 2.19. The van der Waals surface area contributed by atoms with Gasteiger partial charge in [0.2, 0.25) is 0 Å². The third-order valence-corrected chi connectivity index (χ3v) is 3.57. The summed E-state index contributed by atoms with van der Waals surface area (Å²) < 4.78 is 28.8. The average molecular weight is 299 g/mol. The van der Waals surface area contributed by atoms with Gasteiger partial charge in [-0.05, 0) is 45.2 Å². The lowest BCUT2D eigenvalue weighted by Gasteiger charge is -2.11. The number of alkyl halides is 2. The lowest BCUT2D eigenvalue weighted by atomic mass is 10.1. The molecule has 1 N–H and O–H groups in total. The topological polar surface area (TPSA) is 47.0 Å². The van der Waals surface area contributed by atoms with Crippen molar-refractivity contribution in [2.75, 3.05) is 19.8 Å². The van der Waals surface area contributed by atoms with Gasteiger partial charge in [-0.1, -0.05) is 0 Å². The fraction of sp³-hybridized carbons (Fsp3) is 0.733. The Morgan fingerprint density at radius 3 is 2.43 bits per heavy atom. The molecular weight excluding hydrogens is 276 g/mol. The van der Waals surface area contributed by atoms with Gasteiger partial charge in [0, 0.05) is 23.9 Å². The van der Waals surface area contributed by atoms with Crippen LogP contribution in [0.2, 0.25) is 0 Å². The van der Waals surface area contributed by atoms with Crippen LogP contribution in [0, 0.1) is 13.8 Å². The van der Waals surface area contributed by atoms with Crippen molar-refractivity contribution in [3.05, 3.63) is 22.8 Å². The summed E-state index contributed by atoms with van der Waals surface area (Å²) in [5, 5.41) is 3.48. The van der Waals surface area contributed by atoms with E-state index in [0.29, 0.717) is 18.3 Å². The van der Waals surface area contributed by atoms with Gasteiger partial charge < -0.3 is 10.1 Å². The highest BCUT2D eigenvalue weighted by molar-refractivity contribution is 5.24. The van der Waals surface area contributed by atoms with Gasteiger partial charge in [-0.3, -0.25) is 0 Å². The van der Waals surface area contributed by atoms with Crippen LogP contribution in [0.1, 0.15) is 35.6 Å². The third-order valence-electron chi connectivity index (χ3n) is 3.57. The first-order valence-electron chi connectivity index (χ1n) is 7.48. The second-order valence-corrected chi connectivity index (χ2v) is 5.48. The van der Waals surface area contributed by atoms with Crippen molar-refractivity contribution in [3.8, 4) is 0 Å². The van der Waals surface area contributed by atoms with Gasteiger partial charge in [0.15, 0.2) is 0 Å². The van der Waals surface area contributed by atoms with Crippen molar-refractivity contribution in [1.82, 2.24) is 15.3 Å². The van der Waals surface area contributed by atoms with E-state index in [4.69, 9.17) is 4.74 Å². The largest absolute Gasteiger partial charge is 0.375 e. The zero-order valence-electron chi connectivity index (χ0n) is 12.7. The molecule has 1 heterocycles. The predicted molar refractivity (Wildman–Crippen MR) is 76.8 cm³/mol. The molecule has 0 atom stereocenters. The summed E-state index contributed by atoms with van der Waals surface area (Å²) in [7, 11) is 0. The van der Waals surface area contributed by atoms with Crippen molar-refractivity contribution >= 4 is 0 Å². The monoisotopic (exact) mass is 299 g/mol. The van der Waals surface area contributed by atoms with Crippen LogP contribution < -0.4 is 5.32 Å². The number of ether oxygens (including phenoxy) is 1. The molecule has 1 aromatic heterocycles. The van der Waals surface area contributed by atoms with E-state index in [0.717, 1.165) is 24.4 Å². The fourth-order valence-electron chi connectivity index (χ4n) is 2.31. The minimum Gasteiger partial charge on any atom is -0.375 e. The maximum atomic E-state index is 12.0. The number of halogens is 2. The van der Waals surface area contributed by atoms with E-state index in [1.807, 2.05) is 13.8 Å². The molecule has 0 aliphatic heterocycles. The first-order valence-corrected chi connectivity index (χ1v) is 7.48. The minimum atomic E-state index is -2.42. The molecule has 1 aliphatic carbocycles. The second-order valence-electron chi connectivity index (χ2n) is 5.48. The van der Waals surface area contributed by atoms with Gasteiger partial charge in [-0.2, -0.15) is 0 Å². The molecule has 4 nitrogen and oxygen atoms in total. The Hall–Kier alpha value is -1.14. The number of nitrogens with zero attached hydrogens (tertiary/aromatic N) is 2. The molecule has 2 rings (SSSR count). The zero-order chi connectivity index (χ0) is 15.2. The van der Waals surface area contributed by atoms with Crippen molar-refractivity contribution in [1.29, 1.82) is 0 Å². The first-order chi connectivity index (χ1) is 10.1. The fourth-order valence-corrected chi connectivity index (χ4v) is 2.31. The first kappa shape index (κ1) is 16.2. The number of hydrogen-bond donors (Lipinski definition) is 1. The minimum absolute atomic E-state index is 0.228. The summed E-state index contributed by atoms with van der Waals surface area (Å²) >= 11 is 0. The van der Waals surface area contributed by atoms with E-state index < -0.39 is 13.0 Å². The van der Waals surface area contributed by atoms with E-state index in [1.165, 1.54) is 18.4 Å². The lowest BCUT2D eigenvalue weighted by Crippen LogP contribution is -2.20. The molecule has 0 bridgehead atoms. The van der Waals surface area contributed by atoms with Crippen molar-refractivity contribution in [2.24, 2.45) is 0 Å². The Labute approximate surface area is 124 Å². The Kier molecular flexibility index (Phi) is 5.99. The van der Waals surface area contributed by atoms with E-state index in [2.05, 4.69) is 15.3 Å². The molecule has 1 fully saturated rings. The average Bonchev–Trinajstić information content (AvgIpc) is 3.22. The van der Waals surface area contributed by atoms with Crippen LogP contribution in [-0.4, -0.2) is 42.2 Å². The van der Waals surface area contributed by atoms with E-state index in [9.17, 15) is 8.78 Å². The smallest absolute Gasteiger partial charge is 0.261 e. The van der Waals surface area contributed by atoms with Gasteiger partial charge in [-0.25, -0.2) is 18.7 Å². The molecular formula is C15H23F2N3O. The van der Waals surface area contributed by atoms with Crippen LogP contribution in [0.15, 0.2) is 0 Å². The third kappa shape index (κ3) is 5.63. The number of nitrogens with one attached hydrogen (secondary N) is 1. The molecule has 0 spiro atoms. The van der Waals surface area contributed by atoms with Crippen LogP contribution in [0.5, 0.6) is 0 Å². The molecule has 0 radical (unpaired) electrons. The quantitative estimate of drug-likeness (QED) is 0.710. The predicted octanol–water partition coefficient (Wildman–Crippen LogP) is 2.21. The summed E-state index contributed by atoms with van der Waals surface area (Å²) in [6, 6.07) is 0.706. The molecule has 118 valence electrons. The van der Waals surface area contributed by atoms with E-state index in [-0.39, 0.29) is 6.61 Å². The molecule has 1 aliphatic rings. The Balaban J connectivity index is 1.83. The zero-order valence-corrected chi connectivity index (χ0v) is 12.7. The molecule has 1 aromatic rings. The van der Waals surface area contributed by atoms with Gasteiger partial charge >= 0.3 is 0 Å². The van der Waals surface area contributed by atoms with Gasteiger partial charge in [0.1, 0.15) is 12.4 Å². The Morgan fingerprint density at radius 1 is 1.19 bits per heavy atom. The van der Waals surface area contributed by atoms with Crippen LogP contribution in [0.4, 0.5) is 8.78 Å². The summed E-state index contributed by atoms with van der Waals surface area (Å²) in [4.78, 5) is 8.92. The van der Waals surface area contributed by atoms with E-state index in [1.54, 1.807) is 0 Å². The highest BCUT2D eigenvalue weighted by Gasteiger charge is 2.20. The maximum absolute atomic E-state index is 12.0. The molecule has 0 amide bonds. The molecule has 0 unspecified atom stereocenters. The summed E-state index contributed by atoms with van der Waals surface area (Å²) in [6.07, 6.45) is 1.54. The molecule has 21 heavy (non-hydrogen) atoms. The molecule has 1 saturated carbocycles. The Bertz CT molecular complexity index is 441. The van der Waals surface area contributed by atoms with Gasteiger partial charge in [0.05, 0.1) is 6.61 Å². The molecule has 0 aromatic carbocycles. The number of rotatable bonds is 9. The lowest BCUT2D eigenvalue weighted by molar-refractivity contribution is 0.0182. The number of hydrogen-bond acceptors (Lipinski definition) is 4. The normalized spacial score (nSPS) is 14.9. The SMILES string of the molecule is Cc1nc(CCOCC(F)F)nc(C)c1CCNC1CC1. The number of aryl methyl sites for hydroxylation is 2. The summed E-state index contributed by atoms with van der Waals surface area (Å²) in [5.74, 6) is 0.665. The summed E-state index contributed by atoms with van der Waals surface area (Å²) in [6.45, 7) is 4.61. The maximum Gasteiger partial charge on any atom is 0.261 e. The Morgan fingerprint density at radius 2 is 1.86 bits per heavy atom. The summed E-state index contributed by atoms with van der Waals surface area (Å²) in [5.41, 5.74) is 3.13. The van der Waals surface area contributed by atoms with Gasteiger partial charge in [0.25, 0.3) is 6.43 Å². The highest BCUT2D eigenvalue weighted by atomic mass is 19.3. The van der Waals surface area contributed by atoms with E-state index >= 15 is 0 Å². The second kappa shape index (κ2) is 7.75. The van der Waals surface area contributed by atoms with Crippen LogP contribution >= 0.6 is 0 Å². The standard InChI is InChI=1S/C15H23F2N3O/c1-10-13(5-7-18-12-3-4-12)11(2)20-15(19-10)6-8-21-9-14(16)17/h12,14,18H,3-9H2,1-2H3. The molecule has 0 saturated heterocycles. The van der Waals surface area contributed by atoms with Crippen LogP contribution in [-0.2, 0) is 17.6 Å². The van der Waals surface area contributed by atoms with Crippen molar-refractivity contribution < 1.29 is 13.5 Å². The van der Waals surface area contributed by atoms with Crippen molar-refractivity contribution in [3.63, 3.8) is 0 Å². The van der Waals surface area contributed by atoms with Crippen molar-refractivity contribution in [2.45, 2.75) is 52.0 Å². The van der Waals surface area contributed by atoms with Crippen LogP contribution in [0.3, 0.4) is 0 Å². The number of aromatic nitrogens is 2. The van der Waals surface area contributed by atoms with Crippen LogP contribution in [0.25, 0.3) is 0 Å². The van der Waals surface area contributed by atoms with Gasteiger partial charge in [-0.15, -0.1) is 0 Å². The molecule has 6 heteroatoms.